The first-order valence-electron chi connectivity index (χ1n) is 15.3. The summed E-state index contributed by atoms with van der Waals surface area (Å²) in [5.41, 5.74) is 3.13. The molecule has 1 fully saturated rings. The van der Waals surface area contributed by atoms with Crippen LogP contribution in [-0.4, -0.2) is 53.6 Å². The number of hydrogen-bond acceptors (Lipinski definition) is 10. The van der Waals surface area contributed by atoms with Crippen LogP contribution in [0.3, 0.4) is 0 Å². The Bertz CT molecular complexity index is 1780. The van der Waals surface area contributed by atoms with Crippen LogP contribution in [0.5, 0.6) is 5.75 Å². The zero-order valence-corrected chi connectivity index (χ0v) is 25.4. The number of carbonyl (C=O) groups excluding carboxylic acids is 2. The summed E-state index contributed by atoms with van der Waals surface area (Å²) >= 11 is 0. The normalized spacial score (nSPS) is 15.3. The van der Waals surface area contributed by atoms with Gasteiger partial charge in [-0.15, -0.1) is 20.3 Å². The number of nitrogens with zero attached hydrogens (tertiary/aromatic N) is 7. The third-order valence-electron chi connectivity index (χ3n) is 8.33. The smallest absolute Gasteiger partial charge is 0.407 e. The van der Waals surface area contributed by atoms with Crippen molar-refractivity contribution in [3.63, 3.8) is 0 Å². The molecule has 13 heteroatoms. The van der Waals surface area contributed by atoms with Gasteiger partial charge in [0.1, 0.15) is 23.7 Å². The van der Waals surface area contributed by atoms with Crippen LogP contribution in [-0.2, 0) is 22.8 Å². The fourth-order valence-electron chi connectivity index (χ4n) is 5.98. The molecule has 4 aromatic rings. The minimum absolute atomic E-state index is 0.0755. The van der Waals surface area contributed by atoms with Gasteiger partial charge in [0.15, 0.2) is 0 Å². The average molecular weight is 624 g/mol. The first-order chi connectivity index (χ1) is 22.4. The van der Waals surface area contributed by atoms with Crippen molar-refractivity contribution in [3.05, 3.63) is 94.0 Å². The van der Waals surface area contributed by atoms with Gasteiger partial charge >= 0.3 is 6.09 Å². The third kappa shape index (κ3) is 6.34. The van der Waals surface area contributed by atoms with E-state index >= 15 is 0 Å². The fourth-order valence-corrected chi connectivity index (χ4v) is 5.98. The Morgan fingerprint density at radius 1 is 1.00 bits per heavy atom. The van der Waals surface area contributed by atoms with Crippen LogP contribution in [0.1, 0.15) is 63.0 Å². The van der Waals surface area contributed by atoms with E-state index in [9.17, 15) is 19.7 Å². The highest BCUT2D eigenvalue weighted by Gasteiger charge is 2.49. The summed E-state index contributed by atoms with van der Waals surface area (Å²) in [6.45, 7) is 2.23. The topological polar surface area (TPSA) is 155 Å². The van der Waals surface area contributed by atoms with Crippen LogP contribution in [0.2, 0.25) is 0 Å². The molecule has 0 radical (unpaired) electrons. The number of unbranched alkanes of at least 4 members (excludes halogenated alkanes) is 1. The van der Waals surface area contributed by atoms with Gasteiger partial charge in [-0.25, -0.2) is 4.79 Å². The Morgan fingerprint density at radius 2 is 1.72 bits per heavy atom. The minimum Gasteiger partial charge on any atom is -0.407 e. The van der Waals surface area contributed by atoms with Gasteiger partial charge in [0, 0.05) is 17.5 Å². The average Bonchev–Trinajstić information content (AvgIpc) is 3.81. The van der Waals surface area contributed by atoms with Crippen molar-refractivity contribution in [3.8, 4) is 28.3 Å². The molecule has 1 spiro atoms. The van der Waals surface area contributed by atoms with E-state index in [1.165, 1.54) is 6.07 Å². The van der Waals surface area contributed by atoms with E-state index in [2.05, 4.69) is 27.2 Å². The molecule has 1 saturated carbocycles. The zero-order valence-electron chi connectivity index (χ0n) is 25.4. The van der Waals surface area contributed by atoms with Gasteiger partial charge in [0.05, 0.1) is 6.54 Å². The molecule has 1 aliphatic heterocycles. The maximum absolute atomic E-state index is 13.5. The molecule has 0 saturated heterocycles. The Morgan fingerprint density at radius 3 is 2.46 bits per heavy atom. The van der Waals surface area contributed by atoms with E-state index in [-0.39, 0.29) is 24.1 Å². The highest BCUT2D eigenvalue weighted by molar-refractivity contribution is 6.08. The summed E-state index contributed by atoms with van der Waals surface area (Å²) in [4.78, 5) is 49.0. The highest BCUT2D eigenvalue weighted by Crippen LogP contribution is 2.40. The second-order valence-electron chi connectivity index (χ2n) is 11.4. The number of aliphatic imine (C=N–C) groups is 1. The first-order valence-corrected chi connectivity index (χ1v) is 15.3. The maximum Gasteiger partial charge on any atom is 0.459 e. The Labute approximate surface area is 264 Å². The van der Waals surface area contributed by atoms with E-state index in [0.717, 1.165) is 72.3 Å². The summed E-state index contributed by atoms with van der Waals surface area (Å²) < 4.78 is 5.38. The van der Waals surface area contributed by atoms with Crippen molar-refractivity contribution in [2.24, 2.45) is 4.99 Å². The van der Waals surface area contributed by atoms with Crippen molar-refractivity contribution in [2.75, 3.05) is 0 Å². The molecule has 2 heterocycles. The molecule has 0 N–H and O–H groups in total. The van der Waals surface area contributed by atoms with Crippen molar-refractivity contribution in [1.29, 1.82) is 0 Å². The van der Waals surface area contributed by atoms with E-state index in [1.54, 1.807) is 18.2 Å². The quantitative estimate of drug-likeness (QED) is 0.144. The molecular weight excluding hydrogens is 590 g/mol. The number of benzene rings is 3. The molecule has 0 atom stereocenters. The number of tetrazole rings is 1. The number of hydrogen-bond donors (Lipinski definition) is 0. The van der Waals surface area contributed by atoms with Gasteiger partial charge in [-0.2, -0.15) is 0 Å². The van der Waals surface area contributed by atoms with Crippen LogP contribution in [0.4, 0.5) is 4.79 Å². The second kappa shape index (κ2) is 13.3. The van der Waals surface area contributed by atoms with E-state index in [0.29, 0.717) is 17.7 Å². The molecule has 1 amide bonds. The SMILES string of the molecule is CCCCC1=NC2(CCCC2)C(=O)N1Cc1ccc(-c2ccccc2-c2nnn(C(=O)Oc3ccccc3CO[N+](=O)[O-])n2)cc1. The highest BCUT2D eigenvalue weighted by atomic mass is 16.9. The molecule has 236 valence electrons. The van der Waals surface area contributed by atoms with E-state index in [4.69, 9.17) is 9.73 Å². The number of amides is 1. The maximum atomic E-state index is 13.5. The van der Waals surface area contributed by atoms with E-state index < -0.39 is 16.7 Å². The van der Waals surface area contributed by atoms with Gasteiger partial charge in [0.25, 0.3) is 11.0 Å². The first kappa shape index (κ1) is 30.6. The van der Waals surface area contributed by atoms with Gasteiger partial charge in [-0.05, 0) is 47.2 Å². The number of rotatable bonds is 11. The fraction of sp³-hybridized carbons (Fsp3) is 0.333. The summed E-state index contributed by atoms with van der Waals surface area (Å²) in [5, 5.41) is 21.9. The molecule has 46 heavy (non-hydrogen) atoms. The lowest BCUT2D eigenvalue weighted by atomic mass is 9.97. The zero-order chi connectivity index (χ0) is 32.1. The van der Waals surface area contributed by atoms with Crippen LogP contribution >= 0.6 is 0 Å². The molecule has 13 nitrogen and oxygen atoms in total. The van der Waals surface area contributed by atoms with Crippen molar-refractivity contribution in [1.82, 2.24) is 25.1 Å². The molecular formula is C33H33N7O6. The standard InChI is InChI=1S/C33H33N7O6/c1-2-3-14-29-34-33(19-8-9-20-33)31(41)38(29)21-23-15-17-24(18-16-23)26-11-5-6-12-27(26)30-35-37-39(36-30)32(42)46-28-13-7-4-10-25(28)22-45-40(43)44/h4-7,10-13,15-18H,2-3,8-9,14,19-22H2,1H3. The van der Waals surface area contributed by atoms with Crippen molar-refractivity contribution >= 4 is 17.8 Å². The van der Waals surface area contributed by atoms with Crippen LogP contribution in [0.25, 0.3) is 22.5 Å². The van der Waals surface area contributed by atoms with Gasteiger partial charge in [0.2, 0.25) is 5.82 Å². The number of amidine groups is 1. The molecule has 2 aliphatic rings. The van der Waals surface area contributed by atoms with Gasteiger partial charge in [-0.1, -0.05) is 97.7 Å². The van der Waals surface area contributed by atoms with Crippen LogP contribution < -0.4 is 4.74 Å². The lowest BCUT2D eigenvalue weighted by Crippen LogP contribution is -2.40. The van der Waals surface area contributed by atoms with Crippen molar-refractivity contribution < 1.29 is 24.3 Å². The predicted octanol–water partition coefficient (Wildman–Crippen LogP) is 6.01. The number of ether oxygens (including phenoxy) is 1. The summed E-state index contributed by atoms with van der Waals surface area (Å²) in [5.74, 6) is 1.32. The molecule has 3 aromatic carbocycles. The lowest BCUT2D eigenvalue weighted by molar-refractivity contribution is -0.763. The lowest BCUT2D eigenvalue weighted by Gasteiger charge is -2.23. The molecule has 1 aromatic heterocycles. The summed E-state index contributed by atoms with van der Waals surface area (Å²) in [7, 11) is 0. The largest absolute Gasteiger partial charge is 0.459 e. The number of aromatic nitrogens is 4. The number of para-hydroxylation sites is 1. The van der Waals surface area contributed by atoms with E-state index in [1.807, 2.05) is 53.4 Å². The van der Waals surface area contributed by atoms with Crippen molar-refractivity contribution in [2.45, 2.75) is 70.6 Å². The van der Waals surface area contributed by atoms with Crippen LogP contribution in [0, 0.1) is 10.1 Å². The second-order valence-corrected chi connectivity index (χ2v) is 11.4. The molecule has 0 unspecified atom stereocenters. The van der Waals surface area contributed by atoms with Gasteiger partial charge in [-0.3, -0.25) is 14.7 Å². The number of carbonyl (C=O) groups is 2. The Balaban J connectivity index is 1.18. The van der Waals surface area contributed by atoms with Gasteiger partial charge < -0.3 is 9.57 Å². The molecule has 0 bridgehead atoms. The van der Waals surface area contributed by atoms with Crippen LogP contribution in [0.15, 0.2) is 77.8 Å². The molecule has 1 aliphatic carbocycles. The monoisotopic (exact) mass is 623 g/mol. The Kier molecular flexibility index (Phi) is 8.81. The minimum atomic E-state index is -0.938. The predicted molar refractivity (Wildman–Crippen MR) is 167 cm³/mol. The molecule has 6 rings (SSSR count). The summed E-state index contributed by atoms with van der Waals surface area (Å²) in [6.07, 6.45) is 5.64. The Hall–Kier alpha value is -5.46. The third-order valence-corrected chi connectivity index (χ3v) is 8.33. The summed E-state index contributed by atoms with van der Waals surface area (Å²) in [6, 6.07) is 21.8.